The maximum atomic E-state index is 12.2. The number of hydrogen-bond acceptors (Lipinski definition) is 5. The molecule has 0 spiro atoms. The van der Waals surface area contributed by atoms with Gasteiger partial charge in [-0.05, 0) is 30.3 Å². The van der Waals surface area contributed by atoms with E-state index in [1.165, 1.54) is 17.2 Å². The van der Waals surface area contributed by atoms with Crippen molar-refractivity contribution in [1.29, 1.82) is 0 Å². The molecule has 8 nitrogen and oxygen atoms in total. The number of nitrogens with zero attached hydrogens (tertiary/aromatic N) is 3. The number of anilines is 2. The minimum atomic E-state index is -0.469. The van der Waals surface area contributed by atoms with Crippen LogP contribution in [-0.4, -0.2) is 40.9 Å². The zero-order chi connectivity index (χ0) is 19.6. The summed E-state index contributed by atoms with van der Waals surface area (Å²) in [5.41, 5.74) is 2.36. The lowest BCUT2D eigenvalue weighted by Gasteiger charge is -2.11. The number of urea groups is 1. The summed E-state index contributed by atoms with van der Waals surface area (Å²) in [5, 5.41) is 5.35. The fraction of sp³-hybridized carbons (Fsp3) is 0.263. The Hall–Kier alpha value is -3.42. The van der Waals surface area contributed by atoms with E-state index in [4.69, 9.17) is 4.42 Å². The molecule has 2 N–H and O–H groups in total. The van der Waals surface area contributed by atoms with E-state index in [1.807, 2.05) is 13.8 Å². The van der Waals surface area contributed by atoms with Crippen molar-refractivity contribution in [3.05, 3.63) is 48.0 Å². The lowest BCUT2D eigenvalue weighted by Crippen LogP contribution is -2.23. The summed E-state index contributed by atoms with van der Waals surface area (Å²) in [7, 11) is 3.32. The van der Waals surface area contributed by atoms with Gasteiger partial charge in [0.1, 0.15) is 11.3 Å². The van der Waals surface area contributed by atoms with Gasteiger partial charge in [-0.15, -0.1) is 0 Å². The number of benzene rings is 1. The summed E-state index contributed by atoms with van der Waals surface area (Å²) >= 11 is 0. The lowest BCUT2D eigenvalue weighted by atomic mass is 10.2. The lowest BCUT2D eigenvalue weighted by molar-refractivity contribution is 0.0827. The van der Waals surface area contributed by atoms with Gasteiger partial charge in [-0.25, -0.2) is 14.8 Å². The number of nitrogens with one attached hydrogen (secondary N) is 2. The molecule has 0 saturated heterocycles. The van der Waals surface area contributed by atoms with Crippen LogP contribution in [0.1, 0.15) is 36.0 Å². The van der Waals surface area contributed by atoms with Crippen LogP contribution >= 0.6 is 0 Å². The molecule has 0 aliphatic rings. The predicted octanol–water partition coefficient (Wildman–Crippen LogP) is 3.69. The Labute approximate surface area is 156 Å². The van der Waals surface area contributed by atoms with Gasteiger partial charge in [0, 0.05) is 37.5 Å². The highest BCUT2D eigenvalue weighted by molar-refractivity contribution is 6.01. The van der Waals surface area contributed by atoms with E-state index in [9.17, 15) is 9.59 Å². The first-order chi connectivity index (χ1) is 12.8. The van der Waals surface area contributed by atoms with Gasteiger partial charge in [0.2, 0.25) is 0 Å². The Morgan fingerprint density at radius 2 is 1.89 bits per heavy atom. The Morgan fingerprint density at radius 3 is 2.59 bits per heavy atom. The third-order valence-corrected chi connectivity index (χ3v) is 3.81. The Kier molecular flexibility index (Phi) is 5.07. The van der Waals surface area contributed by atoms with Gasteiger partial charge in [-0.1, -0.05) is 13.8 Å². The van der Waals surface area contributed by atoms with Gasteiger partial charge in [0.25, 0.3) is 5.91 Å². The van der Waals surface area contributed by atoms with Crippen molar-refractivity contribution in [2.45, 2.75) is 19.8 Å². The van der Waals surface area contributed by atoms with Gasteiger partial charge >= 0.3 is 6.03 Å². The summed E-state index contributed by atoms with van der Waals surface area (Å²) in [6.07, 6.45) is 1.47. The highest BCUT2D eigenvalue weighted by atomic mass is 16.3. The van der Waals surface area contributed by atoms with E-state index in [1.54, 1.807) is 38.4 Å². The summed E-state index contributed by atoms with van der Waals surface area (Å²) in [5.74, 6) is 0.946. The van der Waals surface area contributed by atoms with Gasteiger partial charge in [0.15, 0.2) is 11.5 Å². The summed E-state index contributed by atoms with van der Waals surface area (Å²) in [6, 6.07) is 7.89. The Balaban J connectivity index is 1.71. The Morgan fingerprint density at radius 1 is 1.11 bits per heavy atom. The second-order valence-corrected chi connectivity index (χ2v) is 6.60. The van der Waals surface area contributed by atoms with Crippen molar-refractivity contribution in [3.63, 3.8) is 0 Å². The van der Waals surface area contributed by atoms with Crippen LogP contribution in [0.2, 0.25) is 0 Å². The quantitative estimate of drug-likeness (QED) is 0.732. The van der Waals surface area contributed by atoms with Crippen LogP contribution < -0.4 is 10.6 Å². The molecule has 0 bridgehead atoms. The molecule has 0 unspecified atom stereocenters. The number of fused-ring (bicyclic) bond motifs is 1. The number of oxazole rings is 1. The van der Waals surface area contributed by atoms with Crippen molar-refractivity contribution < 1.29 is 14.0 Å². The molecule has 1 aromatic carbocycles. The normalized spacial score (nSPS) is 10.9. The van der Waals surface area contributed by atoms with Crippen molar-refractivity contribution in [3.8, 4) is 0 Å². The van der Waals surface area contributed by atoms with Crippen molar-refractivity contribution in [1.82, 2.24) is 14.9 Å². The molecular formula is C19H21N5O3. The topological polar surface area (TPSA) is 100 Å². The molecule has 8 heteroatoms. The van der Waals surface area contributed by atoms with Gasteiger partial charge in [0.05, 0.1) is 0 Å². The molecule has 140 valence electrons. The third-order valence-electron chi connectivity index (χ3n) is 3.81. The minimum absolute atomic E-state index is 0.168. The van der Waals surface area contributed by atoms with E-state index >= 15 is 0 Å². The van der Waals surface area contributed by atoms with E-state index in [-0.39, 0.29) is 17.6 Å². The molecule has 3 aromatic rings. The standard InChI is InChI=1S/C19H21N5O3/c1-11(2)17-22-14-10-13(5-6-15(14)27-17)21-19(26)23-16-9-12(7-8-20-16)18(25)24(3)4/h5-11H,1-4H3,(H2,20,21,23,26). The number of aromatic nitrogens is 2. The van der Waals surface area contributed by atoms with E-state index < -0.39 is 6.03 Å². The van der Waals surface area contributed by atoms with Crippen LogP contribution in [0.3, 0.4) is 0 Å². The van der Waals surface area contributed by atoms with Crippen LogP contribution in [-0.2, 0) is 0 Å². The molecule has 0 fully saturated rings. The first-order valence-electron chi connectivity index (χ1n) is 8.49. The minimum Gasteiger partial charge on any atom is -0.440 e. The predicted molar refractivity (Wildman–Crippen MR) is 103 cm³/mol. The largest absolute Gasteiger partial charge is 0.440 e. The van der Waals surface area contributed by atoms with E-state index in [0.29, 0.717) is 28.2 Å². The molecule has 0 aliphatic heterocycles. The maximum Gasteiger partial charge on any atom is 0.324 e. The average Bonchev–Trinajstić information content (AvgIpc) is 3.04. The van der Waals surface area contributed by atoms with Gasteiger partial charge in [-0.2, -0.15) is 0 Å². The van der Waals surface area contributed by atoms with Gasteiger partial charge in [-0.3, -0.25) is 10.1 Å². The summed E-state index contributed by atoms with van der Waals surface area (Å²) < 4.78 is 5.65. The molecule has 0 radical (unpaired) electrons. The molecule has 2 aromatic heterocycles. The Bertz CT molecular complexity index is 994. The van der Waals surface area contributed by atoms with E-state index in [0.717, 1.165) is 0 Å². The van der Waals surface area contributed by atoms with E-state index in [2.05, 4.69) is 20.6 Å². The first-order valence-corrected chi connectivity index (χ1v) is 8.49. The molecule has 0 saturated carbocycles. The summed E-state index contributed by atoms with van der Waals surface area (Å²) in [4.78, 5) is 34.2. The molecule has 2 heterocycles. The number of amides is 3. The second kappa shape index (κ2) is 7.45. The smallest absolute Gasteiger partial charge is 0.324 e. The average molecular weight is 367 g/mol. The zero-order valence-electron chi connectivity index (χ0n) is 15.6. The summed E-state index contributed by atoms with van der Waals surface area (Å²) in [6.45, 7) is 4.00. The molecular weight excluding hydrogens is 346 g/mol. The second-order valence-electron chi connectivity index (χ2n) is 6.60. The van der Waals surface area contributed by atoms with Crippen LogP contribution in [0.15, 0.2) is 40.9 Å². The van der Waals surface area contributed by atoms with Gasteiger partial charge < -0.3 is 14.6 Å². The van der Waals surface area contributed by atoms with Crippen molar-refractivity contribution >= 4 is 34.5 Å². The number of rotatable bonds is 4. The number of carbonyl (C=O) groups is 2. The fourth-order valence-electron chi connectivity index (χ4n) is 2.44. The number of pyridine rings is 1. The zero-order valence-corrected chi connectivity index (χ0v) is 15.6. The molecule has 0 atom stereocenters. The monoisotopic (exact) mass is 367 g/mol. The molecule has 3 rings (SSSR count). The van der Waals surface area contributed by atoms with Crippen LogP contribution in [0, 0.1) is 0 Å². The van der Waals surface area contributed by atoms with Crippen LogP contribution in [0.4, 0.5) is 16.3 Å². The van der Waals surface area contributed by atoms with Crippen molar-refractivity contribution in [2.24, 2.45) is 0 Å². The van der Waals surface area contributed by atoms with Crippen LogP contribution in [0.25, 0.3) is 11.1 Å². The highest BCUT2D eigenvalue weighted by Gasteiger charge is 2.12. The fourth-order valence-corrected chi connectivity index (χ4v) is 2.44. The highest BCUT2D eigenvalue weighted by Crippen LogP contribution is 2.23. The molecule has 27 heavy (non-hydrogen) atoms. The number of carbonyl (C=O) groups excluding carboxylic acids is 2. The third kappa shape index (κ3) is 4.22. The SMILES string of the molecule is CC(C)c1nc2cc(NC(=O)Nc3cc(C(=O)N(C)C)ccn3)ccc2o1. The molecule has 0 aliphatic carbocycles. The van der Waals surface area contributed by atoms with Crippen LogP contribution in [0.5, 0.6) is 0 Å². The maximum absolute atomic E-state index is 12.2. The van der Waals surface area contributed by atoms with Crippen molar-refractivity contribution in [2.75, 3.05) is 24.7 Å². The molecule has 3 amide bonds. The number of hydrogen-bond donors (Lipinski definition) is 2. The first kappa shape index (κ1) is 18.4.